The number of nitrogens with zero attached hydrogens (tertiary/aromatic N) is 1. The van der Waals surface area contributed by atoms with Gasteiger partial charge in [-0.05, 0) is 44.0 Å². The van der Waals surface area contributed by atoms with E-state index in [0.29, 0.717) is 10.8 Å². The molecular weight excluding hydrogens is 262 g/mol. The molecule has 0 radical (unpaired) electrons. The van der Waals surface area contributed by atoms with Gasteiger partial charge in [-0.3, -0.25) is 4.79 Å². The Morgan fingerprint density at radius 2 is 1.74 bits per heavy atom. The minimum absolute atomic E-state index is 0.0804. The Hall–Kier alpha value is -1.22. The Balaban J connectivity index is 1.92. The Morgan fingerprint density at radius 3 is 2.32 bits per heavy atom. The molecule has 2 rings (SSSR count). The average Bonchev–Trinajstić information content (AvgIpc) is 2.69. The molecule has 1 aromatic rings. The second kappa shape index (κ2) is 6.80. The van der Waals surface area contributed by atoms with Crippen molar-refractivity contribution in [1.29, 1.82) is 0 Å². The molecule has 1 aliphatic heterocycles. The van der Waals surface area contributed by atoms with E-state index in [1.807, 2.05) is 11.8 Å². The van der Waals surface area contributed by atoms with Gasteiger partial charge in [0.25, 0.3) is 5.91 Å². The van der Waals surface area contributed by atoms with Crippen LogP contribution in [0.3, 0.4) is 0 Å². The zero-order chi connectivity index (χ0) is 13.7. The first-order chi connectivity index (χ1) is 9.16. The lowest BCUT2D eigenvalue weighted by Crippen LogP contribution is -2.40. The van der Waals surface area contributed by atoms with E-state index in [2.05, 4.69) is 0 Å². The predicted molar refractivity (Wildman–Crippen MR) is 76.6 cm³/mol. The predicted octanol–water partition coefficient (Wildman–Crippen LogP) is 3.51. The van der Waals surface area contributed by atoms with Gasteiger partial charge in [-0.15, -0.1) is 0 Å². The van der Waals surface area contributed by atoms with Gasteiger partial charge in [0, 0.05) is 18.1 Å². The molecule has 0 aliphatic carbocycles. The van der Waals surface area contributed by atoms with Gasteiger partial charge in [0.05, 0.1) is 0 Å². The summed E-state index contributed by atoms with van der Waals surface area (Å²) in [6, 6.07) is 7.10. The molecule has 0 spiro atoms. The van der Waals surface area contributed by atoms with Gasteiger partial charge in [0.2, 0.25) is 0 Å². The second-order valence-electron chi connectivity index (χ2n) is 4.95. The molecule has 3 nitrogen and oxygen atoms in total. The molecular formula is C15H20ClNO2. The van der Waals surface area contributed by atoms with E-state index < -0.39 is 6.10 Å². The highest BCUT2D eigenvalue weighted by molar-refractivity contribution is 6.30. The number of hydrogen-bond acceptors (Lipinski definition) is 2. The monoisotopic (exact) mass is 281 g/mol. The van der Waals surface area contributed by atoms with Crippen molar-refractivity contribution in [3.8, 4) is 5.75 Å². The first-order valence-electron chi connectivity index (χ1n) is 6.88. The molecule has 1 saturated heterocycles. The summed E-state index contributed by atoms with van der Waals surface area (Å²) in [5.41, 5.74) is 0. The molecule has 1 heterocycles. The van der Waals surface area contributed by atoms with Crippen LogP contribution in [-0.2, 0) is 4.79 Å². The van der Waals surface area contributed by atoms with E-state index in [1.165, 1.54) is 12.8 Å². The summed E-state index contributed by atoms with van der Waals surface area (Å²) < 4.78 is 5.68. The van der Waals surface area contributed by atoms with Crippen molar-refractivity contribution in [2.24, 2.45) is 0 Å². The van der Waals surface area contributed by atoms with Crippen LogP contribution in [0.2, 0.25) is 5.02 Å². The first-order valence-corrected chi connectivity index (χ1v) is 7.25. The second-order valence-corrected chi connectivity index (χ2v) is 5.39. The Morgan fingerprint density at radius 1 is 1.16 bits per heavy atom. The van der Waals surface area contributed by atoms with Gasteiger partial charge in [-0.25, -0.2) is 0 Å². The number of halogens is 1. The fourth-order valence-corrected chi connectivity index (χ4v) is 2.44. The van der Waals surface area contributed by atoms with Crippen molar-refractivity contribution in [1.82, 2.24) is 4.90 Å². The number of carbonyl (C=O) groups is 1. The standard InChI is InChI=1S/C15H20ClNO2/c1-12(19-14-8-6-13(16)7-9-14)15(18)17-10-4-2-3-5-11-17/h6-9,12H,2-5,10-11H2,1H3/t12-/m0/s1. The SMILES string of the molecule is C[C@H](Oc1ccc(Cl)cc1)C(=O)N1CCCCCC1. The summed E-state index contributed by atoms with van der Waals surface area (Å²) in [7, 11) is 0. The zero-order valence-electron chi connectivity index (χ0n) is 11.3. The molecule has 0 N–H and O–H groups in total. The van der Waals surface area contributed by atoms with Crippen LogP contribution >= 0.6 is 11.6 Å². The van der Waals surface area contributed by atoms with Crippen molar-refractivity contribution in [3.05, 3.63) is 29.3 Å². The van der Waals surface area contributed by atoms with E-state index in [-0.39, 0.29) is 5.91 Å². The zero-order valence-corrected chi connectivity index (χ0v) is 12.0. The summed E-state index contributed by atoms with van der Waals surface area (Å²) >= 11 is 5.82. The fraction of sp³-hybridized carbons (Fsp3) is 0.533. The molecule has 0 aromatic heterocycles. The smallest absolute Gasteiger partial charge is 0.263 e. The van der Waals surface area contributed by atoms with Crippen LogP contribution in [0.25, 0.3) is 0 Å². The maximum Gasteiger partial charge on any atom is 0.263 e. The summed E-state index contributed by atoms with van der Waals surface area (Å²) in [5, 5.41) is 0.666. The Labute approximate surface area is 119 Å². The summed E-state index contributed by atoms with van der Waals surface area (Å²) in [5.74, 6) is 0.761. The third kappa shape index (κ3) is 4.13. The third-order valence-electron chi connectivity index (χ3n) is 3.39. The fourth-order valence-electron chi connectivity index (χ4n) is 2.32. The highest BCUT2D eigenvalue weighted by atomic mass is 35.5. The number of rotatable bonds is 3. The lowest BCUT2D eigenvalue weighted by Gasteiger charge is -2.24. The van der Waals surface area contributed by atoms with E-state index in [0.717, 1.165) is 25.9 Å². The van der Waals surface area contributed by atoms with Crippen LogP contribution in [0, 0.1) is 0 Å². The van der Waals surface area contributed by atoms with Crippen LogP contribution in [0.15, 0.2) is 24.3 Å². The van der Waals surface area contributed by atoms with E-state index >= 15 is 0 Å². The molecule has 1 amide bonds. The molecule has 0 bridgehead atoms. The Kier molecular flexibility index (Phi) is 5.08. The number of hydrogen-bond donors (Lipinski definition) is 0. The molecule has 1 fully saturated rings. The minimum Gasteiger partial charge on any atom is -0.481 e. The normalized spacial score (nSPS) is 17.7. The van der Waals surface area contributed by atoms with Gasteiger partial charge < -0.3 is 9.64 Å². The van der Waals surface area contributed by atoms with Crippen molar-refractivity contribution < 1.29 is 9.53 Å². The van der Waals surface area contributed by atoms with Crippen LogP contribution in [-0.4, -0.2) is 30.0 Å². The number of carbonyl (C=O) groups excluding carboxylic acids is 1. The lowest BCUT2D eigenvalue weighted by atomic mass is 10.2. The largest absolute Gasteiger partial charge is 0.481 e. The number of amides is 1. The van der Waals surface area contributed by atoms with Gasteiger partial charge in [-0.1, -0.05) is 24.4 Å². The van der Waals surface area contributed by atoms with Crippen LogP contribution in [0.1, 0.15) is 32.6 Å². The van der Waals surface area contributed by atoms with Gasteiger partial charge in [-0.2, -0.15) is 0 Å². The van der Waals surface area contributed by atoms with Crippen LogP contribution < -0.4 is 4.74 Å². The molecule has 19 heavy (non-hydrogen) atoms. The van der Waals surface area contributed by atoms with Gasteiger partial charge >= 0.3 is 0 Å². The molecule has 104 valence electrons. The third-order valence-corrected chi connectivity index (χ3v) is 3.64. The quantitative estimate of drug-likeness (QED) is 0.848. The molecule has 1 aliphatic rings. The average molecular weight is 282 g/mol. The van der Waals surface area contributed by atoms with E-state index in [4.69, 9.17) is 16.3 Å². The summed E-state index contributed by atoms with van der Waals surface area (Å²) in [6.45, 7) is 3.52. The van der Waals surface area contributed by atoms with Crippen molar-refractivity contribution in [2.75, 3.05) is 13.1 Å². The molecule has 1 aromatic carbocycles. The van der Waals surface area contributed by atoms with Crippen molar-refractivity contribution >= 4 is 17.5 Å². The highest BCUT2D eigenvalue weighted by Crippen LogP contribution is 2.18. The van der Waals surface area contributed by atoms with E-state index in [1.54, 1.807) is 24.3 Å². The summed E-state index contributed by atoms with van der Waals surface area (Å²) in [4.78, 5) is 14.2. The van der Waals surface area contributed by atoms with E-state index in [9.17, 15) is 4.79 Å². The topological polar surface area (TPSA) is 29.5 Å². The molecule has 4 heteroatoms. The van der Waals surface area contributed by atoms with Gasteiger partial charge in [0.15, 0.2) is 6.10 Å². The Bertz CT molecular complexity index is 411. The lowest BCUT2D eigenvalue weighted by molar-refractivity contribution is -0.137. The number of ether oxygens (including phenoxy) is 1. The van der Waals surface area contributed by atoms with Crippen LogP contribution in [0.5, 0.6) is 5.75 Å². The maximum absolute atomic E-state index is 12.3. The minimum atomic E-state index is -0.445. The summed E-state index contributed by atoms with van der Waals surface area (Å²) in [6.07, 6.45) is 4.19. The van der Waals surface area contributed by atoms with Crippen LogP contribution in [0.4, 0.5) is 0 Å². The molecule has 0 unspecified atom stereocenters. The number of benzene rings is 1. The molecule has 1 atom stereocenters. The maximum atomic E-state index is 12.3. The first kappa shape index (κ1) is 14.2. The molecule has 0 saturated carbocycles. The highest BCUT2D eigenvalue weighted by Gasteiger charge is 2.22. The van der Waals surface area contributed by atoms with Crippen molar-refractivity contribution in [2.45, 2.75) is 38.7 Å². The number of likely N-dealkylation sites (tertiary alicyclic amines) is 1. The van der Waals surface area contributed by atoms with Gasteiger partial charge in [0.1, 0.15) is 5.75 Å². The van der Waals surface area contributed by atoms with Crippen molar-refractivity contribution in [3.63, 3.8) is 0 Å².